The fourth-order valence-electron chi connectivity index (χ4n) is 2.97. The van der Waals surface area contributed by atoms with E-state index in [2.05, 4.69) is 37.5 Å². The highest BCUT2D eigenvalue weighted by atomic mass is 16.5. The van der Waals surface area contributed by atoms with Gasteiger partial charge in [0, 0.05) is 6.04 Å². The van der Waals surface area contributed by atoms with Crippen LogP contribution in [-0.2, 0) is 0 Å². The van der Waals surface area contributed by atoms with Crippen molar-refractivity contribution in [1.29, 1.82) is 0 Å². The van der Waals surface area contributed by atoms with Crippen LogP contribution in [0.25, 0.3) is 0 Å². The predicted molar refractivity (Wildman–Crippen MR) is 71.8 cm³/mol. The average molecular weight is 233 g/mol. The molecule has 0 saturated heterocycles. The molecule has 2 nitrogen and oxygen atoms in total. The third kappa shape index (κ3) is 2.81. The van der Waals surface area contributed by atoms with Gasteiger partial charge in [-0.3, -0.25) is 0 Å². The molecule has 2 atom stereocenters. The molecule has 0 spiro atoms. The van der Waals surface area contributed by atoms with E-state index in [4.69, 9.17) is 4.74 Å². The molecule has 1 aromatic carbocycles. The summed E-state index contributed by atoms with van der Waals surface area (Å²) in [7, 11) is 3.81. The predicted octanol–water partition coefficient (Wildman–Crippen LogP) is 3.25. The summed E-state index contributed by atoms with van der Waals surface area (Å²) >= 11 is 0. The molecule has 94 valence electrons. The van der Waals surface area contributed by atoms with Crippen molar-refractivity contribution in [3.8, 4) is 5.75 Å². The summed E-state index contributed by atoms with van der Waals surface area (Å²) in [5.74, 6) is 1.68. The Hall–Kier alpha value is -1.02. The molecule has 0 heterocycles. The number of hydrogen-bond donors (Lipinski definition) is 1. The molecule has 0 bridgehead atoms. The van der Waals surface area contributed by atoms with Crippen molar-refractivity contribution < 1.29 is 4.74 Å². The van der Waals surface area contributed by atoms with Crippen LogP contribution in [0.5, 0.6) is 5.75 Å². The summed E-state index contributed by atoms with van der Waals surface area (Å²) in [6, 6.07) is 7.18. The second kappa shape index (κ2) is 5.54. The minimum atomic E-state index is 0.690. The van der Waals surface area contributed by atoms with Crippen molar-refractivity contribution in [2.45, 2.75) is 44.6 Å². The van der Waals surface area contributed by atoms with E-state index in [0.717, 1.165) is 5.75 Å². The van der Waals surface area contributed by atoms with Crippen LogP contribution >= 0.6 is 0 Å². The second-order valence-electron chi connectivity index (χ2n) is 5.07. The summed E-state index contributed by atoms with van der Waals surface area (Å²) < 4.78 is 5.27. The van der Waals surface area contributed by atoms with Crippen LogP contribution in [0.15, 0.2) is 18.2 Å². The Morgan fingerprint density at radius 1 is 1.29 bits per heavy atom. The van der Waals surface area contributed by atoms with E-state index >= 15 is 0 Å². The molecule has 1 aliphatic carbocycles. The highest BCUT2D eigenvalue weighted by molar-refractivity contribution is 5.37. The maximum Gasteiger partial charge on any atom is 0.119 e. The zero-order chi connectivity index (χ0) is 12.3. The number of rotatable bonds is 3. The van der Waals surface area contributed by atoms with E-state index in [9.17, 15) is 0 Å². The average Bonchev–Trinajstić information content (AvgIpc) is 2.38. The van der Waals surface area contributed by atoms with E-state index < -0.39 is 0 Å². The fourth-order valence-corrected chi connectivity index (χ4v) is 2.97. The lowest BCUT2D eigenvalue weighted by molar-refractivity contribution is 0.354. The number of nitrogens with one attached hydrogen (secondary N) is 1. The van der Waals surface area contributed by atoms with Crippen LogP contribution < -0.4 is 10.1 Å². The van der Waals surface area contributed by atoms with Crippen LogP contribution in [0, 0.1) is 6.92 Å². The molecular weight excluding hydrogens is 210 g/mol. The minimum absolute atomic E-state index is 0.690. The molecule has 0 amide bonds. The first-order chi connectivity index (χ1) is 8.24. The largest absolute Gasteiger partial charge is 0.497 e. The van der Waals surface area contributed by atoms with Gasteiger partial charge in [-0.2, -0.15) is 0 Å². The Morgan fingerprint density at radius 3 is 2.76 bits per heavy atom. The van der Waals surface area contributed by atoms with Crippen molar-refractivity contribution >= 4 is 0 Å². The number of ether oxygens (including phenoxy) is 1. The Labute approximate surface area is 104 Å². The van der Waals surface area contributed by atoms with Crippen molar-refractivity contribution in [2.75, 3.05) is 14.2 Å². The normalized spacial score (nSPS) is 24.6. The summed E-state index contributed by atoms with van der Waals surface area (Å²) in [6.45, 7) is 2.20. The molecular formula is C15H23NO. The third-order valence-corrected chi connectivity index (χ3v) is 4.00. The zero-order valence-corrected chi connectivity index (χ0v) is 11.1. The van der Waals surface area contributed by atoms with Gasteiger partial charge in [-0.05, 0) is 62.4 Å². The van der Waals surface area contributed by atoms with Gasteiger partial charge in [0.15, 0.2) is 0 Å². The van der Waals surface area contributed by atoms with Crippen LogP contribution in [-0.4, -0.2) is 20.2 Å². The first-order valence-corrected chi connectivity index (χ1v) is 6.56. The van der Waals surface area contributed by atoms with E-state index in [1.807, 2.05) is 0 Å². The lowest BCUT2D eigenvalue weighted by Gasteiger charge is -2.30. The molecule has 2 unspecified atom stereocenters. The summed E-state index contributed by atoms with van der Waals surface area (Å²) in [5, 5.41) is 3.42. The van der Waals surface area contributed by atoms with Gasteiger partial charge < -0.3 is 10.1 Å². The number of aryl methyl sites for hydroxylation is 1. The highest BCUT2D eigenvalue weighted by Gasteiger charge is 2.23. The fraction of sp³-hybridized carbons (Fsp3) is 0.600. The number of benzene rings is 1. The van der Waals surface area contributed by atoms with Crippen LogP contribution in [0.1, 0.15) is 42.7 Å². The molecule has 1 fully saturated rings. The third-order valence-electron chi connectivity index (χ3n) is 4.00. The molecule has 2 rings (SSSR count). The molecule has 1 N–H and O–H groups in total. The maximum absolute atomic E-state index is 5.27. The van der Waals surface area contributed by atoms with E-state index in [0.29, 0.717) is 12.0 Å². The molecule has 1 aromatic rings. The van der Waals surface area contributed by atoms with Crippen LogP contribution in [0.2, 0.25) is 0 Å². The van der Waals surface area contributed by atoms with Gasteiger partial charge in [0.25, 0.3) is 0 Å². The smallest absolute Gasteiger partial charge is 0.119 e. The van der Waals surface area contributed by atoms with E-state index in [-0.39, 0.29) is 0 Å². The summed E-state index contributed by atoms with van der Waals surface area (Å²) in [6.07, 6.45) is 5.25. The lowest BCUT2D eigenvalue weighted by Crippen LogP contribution is -2.30. The highest BCUT2D eigenvalue weighted by Crippen LogP contribution is 2.35. The molecule has 0 aliphatic heterocycles. The monoisotopic (exact) mass is 233 g/mol. The minimum Gasteiger partial charge on any atom is -0.497 e. The van der Waals surface area contributed by atoms with Gasteiger partial charge in [0.2, 0.25) is 0 Å². The zero-order valence-electron chi connectivity index (χ0n) is 11.1. The topological polar surface area (TPSA) is 21.3 Å². The van der Waals surface area contributed by atoms with Gasteiger partial charge in [-0.1, -0.05) is 12.5 Å². The van der Waals surface area contributed by atoms with Crippen molar-refractivity contribution in [3.63, 3.8) is 0 Å². The molecule has 0 aromatic heterocycles. The molecule has 17 heavy (non-hydrogen) atoms. The maximum atomic E-state index is 5.27. The van der Waals surface area contributed by atoms with Gasteiger partial charge in [-0.15, -0.1) is 0 Å². The quantitative estimate of drug-likeness (QED) is 0.865. The van der Waals surface area contributed by atoms with Crippen LogP contribution in [0.4, 0.5) is 0 Å². The van der Waals surface area contributed by atoms with Gasteiger partial charge >= 0.3 is 0 Å². The first-order valence-electron chi connectivity index (χ1n) is 6.56. The Kier molecular flexibility index (Phi) is 4.06. The molecule has 1 aliphatic rings. The van der Waals surface area contributed by atoms with Gasteiger partial charge in [0.1, 0.15) is 5.75 Å². The lowest BCUT2D eigenvalue weighted by atomic mass is 9.80. The Bertz CT molecular complexity index is 375. The van der Waals surface area contributed by atoms with E-state index in [1.165, 1.54) is 36.8 Å². The number of hydrogen-bond acceptors (Lipinski definition) is 2. The molecule has 0 radical (unpaired) electrons. The van der Waals surface area contributed by atoms with Crippen LogP contribution in [0.3, 0.4) is 0 Å². The number of methoxy groups -OCH3 is 1. The van der Waals surface area contributed by atoms with Gasteiger partial charge in [-0.25, -0.2) is 0 Å². The van der Waals surface area contributed by atoms with E-state index in [1.54, 1.807) is 7.11 Å². The Morgan fingerprint density at radius 2 is 2.12 bits per heavy atom. The molecule has 1 saturated carbocycles. The standard InChI is InChI=1S/C15H23NO/c1-11-9-14(17-3)7-8-15(11)12-5-4-6-13(10-12)16-2/h7-9,12-13,16H,4-6,10H2,1-3H3. The SMILES string of the molecule is CNC1CCCC(c2ccc(OC)cc2C)C1. The summed E-state index contributed by atoms with van der Waals surface area (Å²) in [5.41, 5.74) is 2.87. The first kappa shape index (κ1) is 12.4. The van der Waals surface area contributed by atoms with Crippen molar-refractivity contribution in [3.05, 3.63) is 29.3 Å². The summed E-state index contributed by atoms with van der Waals surface area (Å²) in [4.78, 5) is 0. The molecule has 2 heteroatoms. The van der Waals surface area contributed by atoms with Crippen molar-refractivity contribution in [1.82, 2.24) is 5.32 Å². The second-order valence-corrected chi connectivity index (χ2v) is 5.07. The van der Waals surface area contributed by atoms with Crippen molar-refractivity contribution in [2.24, 2.45) is 0 Å². The Balaban J connectivity index is 2.16. The van der Waals surface area contributed by atoms with Gasteiger partial charge in [0.05, 0.1) is 7.11 Å².